The highest BCUT2D eigenvalue weighted by atomic mass is 32.2. The Balaban J connectivity index is 1.26. The van der Waals surface area contributed by atoms with Crippen molar-refractivity contribution in [2.24, 2.45) is 5.92 Å². The maximum absolute atomic E-state index is 13.3. The van der Waals surface area contributed by atoms with Crippen molar-refractivity contribution >= 4 is 29.1 Å². The molecule has 6 nitrogen and oxygen atoms in total. The van der Waals surface area contributed by atoms with Crippen LogP contribution in [0.5, 0.6) is 0 Å². The van der Waals surface area contributed by atoms with E-state index >= 15 is 0 Å². The number of nitrogens with zero attached hydrogens (tertiary/aromatic N) is 4. The number of benzene rings is 2. The van der Waals surface area contributed by atoms with Crippen molar-refractivity contribution in [3.63, 3.8) is 0 Å². The van der Waals surface area contributed by atoms with Crippen LogP contribution in [0, 0.1) is 18.7 Å². The number of anilines is 1. The lowest BCUT2D eigenvalue weighted by molar-refractivity contribution is -0.125. The van der Waals surface area contributed by atoms with E-state index in [9.17, 15) is 9.18 Å². The fourth-order valence-corrected chi connectivity index (χ4v) is 4.92. The van der Waals surface area contributed by atoms with Crippen LogP contribution in [-0.2, 0) is 11.3 Å². The van der Waals surface area contributed by atoms with Gasteiger partial charge in [-0.25, -0.2) is 9.37 Å². The van der Waals surface area contributed by atoms with Gasteiger partial charge in [-0.2, -0.15) is 9.61 Å². The summed E-state index contributed by atoms with van der Waals surface area (Å²) >= 11 is 1.71. The monoisotopic (exact) mass is 489 g/mol. The molecule has 1 saturated heterocycles. The molecule has 4 aromatic rings. The topological polar surface area (TPSA) is 62.5 Å². The highest BCUT2D eigenvalue weighted by Crippen LogP contribution is 2.27. The second-order valence-electron chi connectivity index (χ2n) is 8.89. The third kappa shape index (κ3) is 5.17. The van der Waals surface area contributed by atoms with E-state index in [1.54, 1.807) is 23.9 Å². The summed E-state index contributed by atoms with van der Waals surface area (Å²) in [6.45, 7) is 4.06. The second kappa shape index (κ2) is 10.1. The predicted octanol–water partition coefficient (Wildman–Crippen LogP) is 5.10. The second-order valence-corrected chi connectivity index (χ2v) is 9.77. The molecule has 0 unspecified atom stereocenters. The third-order valence-corrected chi connectivity index (χ3v) is 7.24. The Hall–Kier alpha value is -3.39. The molecule has 0 bridgehead atoms. The molecule has 8 heteroatoms. The minimum atomic E-state index is -0.271. The van der Waals surface area contributed by atoms with Crippen molar-refractivity contribution in [3.8, 4) is 11.3 Å². The van der Waals surface area contributed by atoms with Crippen LogP contribution in [-0.4, -0.2) is 39.9 Å². The van der Waals surface area contributed by atoms with E-state index in [0.29, 0.717) is 6.54 Å². The van der Waals surface area contributed by atoms with Crippen molar-refractivity contribution in [2.45, 2.75) is 31.2 Å². The van der Waals surface area contributed by atoms with Gasteiger partial charge in [-0.05, 0) is 68.0 Å². The minimum Gasteiger partial charge on any atom is -0.356 e. The fourth-order valence-electron chi connectivity index (χ4n) is 4.52. The van der Waals surface area contributed by atoms with E-state index in [1.807, 2.05) is 23.6 Å². The first-order valence-electron chi connectivity index (χ1n) is 11.8. The number of carbonyl (C=O) groups excluding carboxylic acids is 1. The Morgan fingerprint density at radius 3 is 2.49 bits per heavy atom. The zero-order valence-electron chi connectivity index (χ0n) is 19.9. The number of rotatable bonds is 6. The van der Waals surface area contributed by atoms with E-state index in [1.165, 1.54) is 17.0 Å². The first-order chi connectivity index (χ1) is 17.0. The SMILES string of the molecule is CSc1ccc(CNC(=O)C2CCN(c3cc(C)nc4cc(-c5ccc(F)cc5)nn34)CC2)cc1. The van der Waals surface area contributed by atoms with Crippen molar-refractivity contribution in [1.82, 2.24) is 19.9 Å². The first kappa shape index (κ1) is 23.4. The van der Waals surface area contributed by atoms with Gasteiger partial charge in [0, 0.05) is 53.8 Å². The molecule has 180 valence electrons. The van der Waals surface area contributed by atoms with Gasteiger partial charge in [-0.1, -0.05) is 12.1 Å². The number of thioether (sulfide) groups is 1. The molecule has 2 aromatic heterocycles. The van der Waals surface area contributed by atoms with Crippen LogP contribution >= 0.6 is 11.8 Å². The van der Waals surface area contributed by atoms with Gasteiger partial charge in [-0.15, -0.1) is 11.8 Å². The van der Waals surface area contributed by atoms with Crippen LogP contribution in [0.2, 0.25) is 0 Å². The predicted molar refractivity (Wildman–Crippen MR) is 138 cm³/mol. The lowest BCUT2D eigenvalue weighted by atomic mass is 9.95. The summed E-state index contributed by atoms with van der Waals surface area (Å²) in [5.41, 5.74) is 4.37. The van der Waals surface area contributed by atoms with E-state index in [-0.39, 0.29) is 17.6 Å². The Kier molecular flexibility index (Phi) is 6.72. The summed E-state index contributed by atoms with van der Waals surface area (Å²) in [7, 11) is 0. The van der Waals surface area contributed by atoms with Gasteiger partial charge in [-0.3, -0.25) is 4.79 Å². The molecule has 1 amide bonds. The average molecular weight is 490 g/mol. The average Bonchev–Trinajstić information content (AvgIpc) is 3.31. The lowest BCUT2D eigenvalue weighted by Crippen LogP contribution is -2.41. The molecule has 0 radical (unpaired) electrons. The van der Waals surface area contributed by atoms with Crippen LogP contribution in [0.3, 0.4) is 0 Å². The van der Waals surface area contributed by atoms with Gasteiger partial charge in [0.1, 0.15) is 11.6 Å². The molecule has 0 spiro atoms. The van der Waals surface area contributed by atoms with Crippen LogP contribution in [0.1, 0.15) is 24.1 Å². The molecule has 1 aliphatic rings. The standard InChI is InChI=1S/C27H28FN5OS/c1-18-15-26(33-25(30-18)16-24(31-33)20-5-7-22(28)8-6-20)32-13-11-21(12-14-32)27(34)29-17-19-3-9-23(35-2)10-4-19/h3-10,15-16,21H,11-14,17H2,1-2H3,(H,29,34). The van der Waals surface area contributed by atoms with Gasteiger partial charge in [0.2, 0.25) is 5.91 Å². The lowest BCUT2D eigenvalue weighted by Gasteiger charge is -2.33. The number of aromatic nitrogens is 3. The number of halogens is 1. The van der Waals surface area contributed by atoms with Crippen LogP contribution < -0.4 is 10.2 Å². The maximum atomic E-state index is 13.3. The van der Waals surface area contributed by atoms with Gasteiger partial charge in [0.15, 0.2) is 5.65 Å². The summed E-state index contributed by atoms with van der Waals surface area (Å²) in [5, 5.41) is 7.87. The van der Waals surface area contributed by atoms with Gasteiger partial charge < -0.3 is 10.2 Å². The largest absolute Gasteiger partial charge is 0.356 e. The highest BCUT2D eigenvalue weighted by Gasteiger charge is 2.26. The molecule has 35 heavy (non-hydrogen) atoms. The normalized spacial score (nSPS) is 14.4. The first-order valence-corrected chi connectivity index (χ1v) is 13.0. The van der Waals surface area contributed by atoms with Crippen LogP contribution in [0.15, 0.2) is 65.6 Å². The number of piperidine rings is 1. The molecule has 5 rings (SSSR count). The molecule has 0 saturated carbocycles. The summed E-state index contributed by atoms with van der Waals surface area (Å²) < 4.78 is 15.2. The van der Waals surface area contributed by atoms with Gasteiger partial charge in [0.25, 0.3) is 0 Å². The van der Waals surface area contributed by atoms with Crippen molar-refractivity contribution < 1.29 is 9.18 Å². The number of hydrogen-bond acceptors (Lipinski definition) is 5. The Labute approximate surface area is 208 Å². The fraction of sp³-hybridized carbons (Fsp3) is 0.296. The quantitative estimate of drug-likeness (QED) is 0.382. The maximum Gasteiger partial charge on any atom is 0.223 e. The summed E-state index contributed by atoms with van der Waals surface area (Å²) in [5.74, 6) is 0.816. The molecule has 2 aromatic carbocycles. The number of nitrogens with one attached hydrogen (secondary N) is 1. The van der Waals surface area contributed by atoms with E-state index in [4.69, 9.17) is 5.10 Å². The summed E-state index contributed by atoms with van der Waals surface area (Å²) in [4.78, 5) is 20.9. The molecule has 1 aliphatic heterocycles. The van der Waals surface area contributed by atoms with Crippen LogP contribution in [0.25, 0.3) is 16.9 Å². The molecule has 3 heterocycles. The molecule has 1 fully saturated rings. The molecular formula is C27H28FN5OS. The van der Waals surface area contributed by atoms with Crippen molar-refractivity contribution in [1.29, 1.82) is 0 Å². The van der Waals surface area contributed by atoms with Gasteiger partial charge in [0.05, 0.1) is 5.69 Å². The Morgan fingerprint density at radius 2 is 1.80 bits per heavy atom. The van der Waals surface area contributed by atoms with E-state index in [0.717, 1.165) is 59.9 Å². The zero-order valence-corrected chi connectivity index (χ0v) is 20.7. The number of aryl methyl sites for hydroxylation is 1. The van der Waals surface area contributed by atoms with E-state index < -0.39 is 0 Å². The Morgan fingerprint density at radius 1 is 1.09 bits per heavy atom. The molecule has 0 aliphatic carbocycles. The smallest absolute Gasteiger partial charge is 0.223 e. The van der Waals surface area contributed by atoms with E-state index in [2.05, 4.69) is 45.7 Å². The number of fused-ring (bicyclic) bond motifs is 1. The number of hydrogen-bond donors (Lipinski definition) is 1. The zero-order chi connectivity index (χ0) is 24.4. The van der Waals surface area contributed by atoms with Crippen molar-refractivity contribution in [2.75, 3.05) is 24.2 Å². The minimum absolute atomic E-state index is 0.00235. The molecule has 1 N–H and O–H groups in total. The number of carbonyl (C=O) groups is 1. The third-order valence-electron chi connectivity index (χ3n) is 6.49. The van der Waals surface area contributed by atoms with Crippen molar-refractivity contribution in [3.05, 3.63) is 77.7 Å². The number of amides is 1. The molecule has 0 atom stereocenters. The Bertz CT molecular complexity index is 1330. The summed E-state index contributed by atoms with van der Waals surface area (Å²) in [6, 6.07) is 18.6. The van der Waals surface area contributed by atoms with Crippen LogP contribution in [0.4, 0.5) is 10.2 Å². The highest BCUT2D eigenvalue weighted by molar-refractivity contribution is 7.98. The summed E-state index contributed by atoms with van der Waals surface area (Å²) in [6.07, 6.45) is 3.62. The van der Waals surface area contributed by atoms with Gasteiger partial charge >= 0.3 is 0 Å². The molecular weight excluding hydrogens is 461 g/mol.